The summed E-state index contributed by atoms with van der Waals surface area (Å²) in [5.74, 6) is -1.06. The highest BCUT2D eigenvalue weighted by molar-refractivity contribution is 7.10. The van der Waals surface area contributed by atoms with Crippen molar-refractivity contribution < 1.29 is 14.7 Å². The van der Waals surface area contributed by atoms with Crippen LogP contribution < -0.4 is 10.6 Å². The summed E-state index contributed by atoms with van der Waals surface area (Å²) < 4.78 is 0. The maximum Gasteiger partial charge on any atom is 0.331 e. The number of carbonyl (C=O) groups is 2. The summed E-state index contributed by atoms with van der Waals surface area (Å²) in [6, 6.07) is 2.47. The molecule has 0 aliphatic carbocycles. The fourth-order valence-corrected chi connectivity index (χ4v) is 2.45. The molecule has 1 rings (SSSR count). The third kappa shape index (κ3) is 6.14. The number of aliphatic carboxylic acids is 1. The number of nitrogens with one attached hydrogen (secondary N) is 2. The van der Waals surface area contributed by atoms with Crippen molar-refractivity contribution in [2.45, 2.75) is 32.4 Å². The Labute approximate surface area is 129 Å². The summed E-state index contributed by atoms with van der Waals surface area (Å²) in [6.45, 7) is 5.61. The van der Waals surface area contributed by atoms with E-state index in [2.05, 4.69) is 29.4 Å². The molecule has 1 aromatic heterocycles. The summed E-state index contributed by atoms with van der Waals surface area (Å²) in [5.41, 5.74) is 0. The van der Waals surface area contributed by atoms with Crippen LogP contribution in [0, 0.1) is 0 Å². The summed E-state index contributed by atoms with van der Waals surface area (Å²) in [4.78, 5) is 25.7. The normalized spacial score (nSPS) is 12.4. The minimum Gasteiger partial charge on any atom is -0.479 e. The SMILES string of the molecule is CC(C)N(C)CCCNC(=O)NC(C(=O)O)c1cccs1. The first kappa shape index (κ1) is 17.5. The van der Waals surface area contributed by atoms with E-state index in [0.717, 1.165) is 13.0 Å². The molecule has 1 atom stereocenters. The molecule has 0 radical (unpaired) electrons. The van der Waals surface area contributed by atoms with Gasteiger partial charge >= 0.3 is 12.0 Å². The number of hydrogen-bond acceptors (Lipinski definition) is 4. The number of thiophene rings is 1. The smallest absolute Gasteiger partial charge is 0.331 e. The number of carbonyl (C=O) groups excluding carboxylic acids is 1. The van der Waals surface area contributed by atoms with Crippen LogP contribution in [0.1, 0.15) is 31.2 Å². The quantitative estimate of drug-likeness (QED) is 0.640. The number of nitrogens with zero attached hydrogens (tertiary/aromatic N) is 1. The maximum atomic E-state index is 11.7. The van der Waals surface area contributed by atoms with Gasteiger partial charge in [0.25, 0.3) is 0 Å². The Morgan fingerprint density at radius 1 is 1.43 bits per heavy atom. The van der Waals surface area contributed by atoms with Gasteiger partial charge < -0.3 is 20.6 Å². The van der Waals surface area contributed by atoms with Crippen molar-refractivity contribution in [2.75, 3.05) is 20.1 Å². The van der Waals surface area contributed by atoms with Gasteiger partial charge in [0, 0.05) is 17.5 Å². The highest BCUT2D eigenvalue weighted by Crippen LogP contribution is 2.18. The average Bonchev–Trinajstić information content (AvgIpc) is 2.93. The zero-order chi connectivity index (χ0) is 15.8. The van der Waals surface area contributed by atoms with Gasteiger partial charge in [-0.1, -0.05) is 6.07 Å². The number of hydrogen-bond donors (Lipinski definition) is 3. The summed E-state index contributed by atoms with van der Waals surface area (Å²) >= 11 is 1.31. The van der Waals surface area contributed by atoms with Gasteiger partial charge in [-0.15, -0.1) is 11.3 Å². The first-order valence-electron chi connectivity index (χ1n) is 6.92. The van der Waals surface area contributed by atoms with Gasteiger partial charge in [0.05, 0.1) is 0 Å². The highest BCUT2D eigenvalue weighted by atomic mass is 32.1. The van der Waals surface area contributed by atoms with Crippen molar-refractivity contribution in [3.63, 3.8) is 0 Å². The highest BCUT2D eigenvalue weighted by Gasteiger charge is 2.22. The van der Waals surface area contributed by atoms with E-state index in [4.69, 9.17) is 5.11 Å². The van der Waals surface area contributed by atoms with E-state index in [9.17, 15) is 9.59 Å². The molecule has 21 heavy (non-hydrogen) atoms. The molecule has 1 aromatic rings. The molecular formula is C14H23N3O3S. The number of rotatable bonds is 8. The van der Waals surface area contributed by atoms with Gasteiger partial charge in [0.2, 0.25) is 0 Å². The molecule has 2 amide bonds. The van der Waals surface area contributed by atoms with Crippen LogP contribution in [0.5, 0.6) is 0 Å². The largest absolute Gasteiger partial charge is 0.479 e. The Kier molecular flexibility index (Phi) is 7.18. The van der Waals surface area contributed by atoms with Crippen LogP contribution in [0.15, 0.2) is 17.5 Å². The predicted molar refractivity (Wildman–Crippen MR) is 83.6 cm³/mol. The van der Waals surface area contributed by atoms with E-state index in [1.807, 2.05) is 7.05 Å². The summed E-state index contributed by atoms with van der Waals surface area (Å²) in [5, 5.41) is 16.1. The van der Waals surface area contributed by atoms with Crippen molar-refractivity contribution in [1.82, 2.24) is 15.5 Å². The summed E-state index contributed by atoms with van der Waals surface area (Å²) in [7, 11) is 2.03. The number of amides is 2. The lowest BCUT2D eigenvalue weighted by Gasteiger charge is -2.21. The van der Waals surface area contributed by atoms with E-state index in [1.54, 1.807) is 17.5 Å². The predicted octanol–water partition coefficient (Wildman–Crippen LogP) is 1.90. The zero-order valence-electron chi connectivity index (χ0n) is 12.6. The second-order valence-electron chi connectivity index (χ2n) is 5.11. The van der Waals surface area contributed by atoms with Crippen LogP contribution in [0.4, 0.5) is 4.79 Å². The molecule has 1 heterocycles. The molecule has 0 saturated carbocycles. The molecule has 3 N–H and O–H groups in total. The van der Waals surface area contributed by atoms with Crippen molar-refractivity contribution >= 4 is 23.3 Å². The molecule has 7 heteroatoms. The van der Waals surface area contributed by atoms with Gasteiger partial charge in [-0.3, -0.25) is 0 Å². The molecule has 0 aliphatic heterocycles. The molecule has 1 unspecified atom stereocenters. The molecule has 0 aliphatic rings. The van der Waals surface area contributed by atoms with Crippen molar-refractivity contribution in [2.24, 2.45) is 0 Å². The first-order valence-corrected chi connectivity index (χ1v) is 7.80. The van der Waals surface area contributed by atoms with Gasteiger partial charge in [0.1, 0.15) is 0 Å². The third-order valence-electron chi connectivity index (χ3n) is 3.20. The number of carboxylic acids is 1. The van der Waals surface area contributed by atoms with E-state index in [0.29, 0.717) is 17.5 Å². The second kappa shape index (κ2) is 8.63. The zero-order valence-corrected chi connectivity index (χ0v) is 13.4. The van der Waals surface area contributed by atoms with Crippen LogP contribution in [0.25, 0.3) is 0 Å². The minimum atomic E-state index is -1.06. The van der Waals surface area contributed by atoms with Crippen LogP contribution in [0.3, 0.4) is 0 Å². The van der Waals surface area contributed by atoms with Crippen LogP contribution in [0.2, 0.25) is 0 Å². The van der Waals surface area contributed by atoms with Crippen LogP contribution >= 0.6 is 11.3 Å². The minimum absolute atomic E-state index is 0.456. The van der Waals surface area contributed by atoms with Gasteiger partial charge in [0.15, 0.2) is 6.04 Å². The lowest BCUT2D eigenvalue weighted by atomic mass is 10.2. The fraction of sp³-hybridized carbons (Fsp3) is 0.571. The van der Waals surface area contributed by atoms with E-state index in [1.165, 1.54) is 11.3 Å². The van der Waals surface area contributed by atoms with Crippen LogP contribution in [-0.4, -0.2) is 48.2 Å². The second-order valence-corrected chi connectivity index (χ2v) is 6.09. The Morgan fingerprint density at radius 3 is 2.67 bits per heavy atom. The Balaban J connectivity index is 2.34. The van der Waals surface area contributed by atoms with Crippen molar-refractivity contribution in [3.8, 4) is 0 Å². The third-order valence-corrected chi connectivity index (χ3v) is 4.14. The molecular weight excluding hydrogens is 290 g/mol. The molecule has 118 valence electrons. The number of urea groups is 1. The lowest BCUT2D eigenvalue weighted by molar-refractivity contribution is -0.139. The lowest BCUT2D eigenvalue weighted by Crippen LogP contribution is -2.41. The van der Waals surface area contributed by atoms with E-state index < -0.39 is 18.0 Å². The van der Waals surface area contributed by atoms with Gasteiger partial charge in [-0.05, 0) is 45.3 Å². The van der Waals surface area contributed by atoms with E-state index in [-0.39, 0.29) is 0 Å². The Hall–Kier alpha value is -1.60. The standard InChI is InChI=1S/C14H23N3O3S/c1-10(2)17(3)8-5-7-15-14(20)16-12(13(18)19)11-6-4-9-21-11/h4,6,9-10,12H,5,7-8H2,1-3H3,(H,18,19)(H2,15,16,20). The number of carboxylic acid groups (broad SMARTS) is 1. The van der Waals surface area contributed by atoms with E-state index >= 15 is 0 Å². The molecule has 0 spiro atoms. The Bertz CT molecular complexity index is 448. The average molecular weight is 313 g/mol. The molecule has 0 bridgehead atoms. The first-order chi connectivity index (χ1) is 9.91. The monoisotopic (exact) mass is 313 g/mol. The van der Waals surface area contributed by atoms with Crippen molar-refractivity contribution in [1.29, 1.82) is 0 Å². The van der Waals surface area contributed by atoms with Crippen LogP contribution in [-0.2, 0) is 4.79 Å². The topological polar surface area (TPSA) is 81.7 Å². The molecule has 0 aromatic carbocycles. The molecule has 6 nitrogen and oxygen atoms in total. The fourth-order valence-electron chi connectivity index (χ4n) is 1.68. The maximum absolute atomic E-state index is 11.7. The molecule has 0 fully saturated rings. The Morgan fingerprint density at radius 2 is 2.14 bits per heavy atom. The molecule has 0 saturated heterocycles. The van der Waals surface area contributed by atoms with Crippen molar-refractivity contribution in [3.05, 3.63) is 22.4 Å². The van der Waals surface area contributed by atoms with Gasteiger partial charge in [-0.2, -0.15) is 0 Å². The van der Waals surface area contributed by atoms with Gasteiger partial charge in [-0.25, -0.2) is 9.59 Å². The summed E-state index contributed by atoms with van der Waals surface area (Å²) in [6.07, 6.45) is 0.818.